The number of rotatable bonds is 4. The lowest BCUT2D eigenvalue weighted by Crippen LogP contribution is -2.22. The third-order valence-corrected chi connectivity index (χ3v) is 4.12. The van der Waals surface area contributed by atoms with Gasteiger partial charge in [0.2, 0.25) is 0 Å². The van der Waals surface area contributed by atoms with Crippen LogP contribution < -0.4 is 5.32 Å². The van der Waals surface area contributed by atoms with Crippen molar-refractivity contribution in [2.24, 2.45) is 0 Å². The van der Waals surface area contributed by atoms with Crippen molar-refractivity contribution in [3.8, 4) is 0 Å². The maximum atomic E-state index is 13.7. The fraction of sp³-hybridized carbons (Fsp3) is 0.308. The topological polar surface area (TPSA) is 29.9 Å². The average Bonchev–Trinajstić information content (AvgIpc) is 2.77. The van der Waals surface area contributed by atoms with Crippen LogP contribution >= 0.6 is 27.5 Å². The fourth-order valence-corrected chi connectivity index (χ4v) is 2.84. The third-order valence-electron chi connectivity index (χ3n) is 2.99. The molecule has 0 aliphatic rings. The number of aromatic nitrogens is 2. The number of hydrogen-bond acceptors (Lipinski definition) is 2. The van der Waals surface area contributed by atoms with Crippen molar-refractivity contribution >= 4 is 27.5 Å². The van der Waals surface area contributed by atoms with Crippen molar-refractivity contribution in [2.75, 3.05) is 7.05 Å². The molecule has 2 rings (SSSR count). The van der Waals surface area contributed by atoms with E-state index in [2.05, 4.69) is 26.3 Å². The van der Waals surface area contributed by atoms with Gasteiger partial charge in [-0.25, -0.2) is 4.39 Å². The fourth-order valence-electron chi connectivity index (χ4n) is 2.09. The quantitative estimate of drug-likeness (QED) is 0.913. The zero-order chi connectivity index (χ0) is 14.0. The van der Waals surface area contributed by atoms with Gasteiger partial charge in [-0.15, -0.1) is 0 Å². The van der Waals surface area contributed by atoms with Crippen molar-refractivity contribution in [2.45, 2.75) is 19.5 Å². The summed E-state index contributed by atoms with van der Waals surface area (Å²) < 4.78 is 15.9. The van der Waals surface area contributed by atoms with E-state index in [4.69, 9.17) is 11.6 Å². The normalized spacial score (nSPS) is 12.7. The Labute approximate surface area is 124 Å². The van der Waals surface area contributed by atoms with E-state index in [0.29, 0.717) is 16.0 Å². The van der Waals surface area contributed by atoms with Crippen LogP contribution in [0.3, 0.4) is 0 Å². The second-order valence-corrected chi connectivity index (χ2v) is 5.26. The molecule has 6 heteroatoms. The Hall–Kier alpha value is -0.910. The molecule has 1 heterocycles. The maximum Gasteiger partial charge on any atom is 0.137 e. The van der Waals surface area contributed by atoms with Crippen molar-refractivity contribution in [3.05, 3.63) is 51.0 Å². The standard InChI is InChI=1S/C13H14BrClFN3/c1-3-19-13(9(15)7-18-19)12(17-2)8-5-4-6-10(16)11(8)14/h4-7,12,17H,3H2,1-2H3. The monoisotopic (exact) mass is 345 g/mol. The molecular weight excluding hydrogens is 333 g/mol. The van der Waals surface area contributed by atoms with Gasteiger partial charge in [0.25, 0.3) is 0 Å². The summed E-state index contributed by atoms with van der Waals surface area (Å²) in [5, 5.41) is 7.95. The molecule has 1 atom stereocenters. The molecule has 0 aliphatic heterocycles. The lowest BCUT2D eigenvalue weighted by molar-refractivity contribution is 0.556. The van der Waals surface area contributed by atoms with E-state index in [1.54, 1.807) is 16.9 Å². The van der Waals surface area contributed by atoms with Crippen molar-refractivity contribution in [1.82, 2.24) is 15.1 Å². The van der Waals surface area contributed by atoms with Crippen LogP contribution in [-0.2, 0) is 6.54 Å². The molecule has 0 radical (unpaired) electrons. The first kappa shape index (κ1) is 14.5. The smallest absolute Gasteiger partial charge is 0.137 e. The highest BCUT2D eigenvalue weighted by Gasteiger charge is 2.23. The van der Waals surface area contributed by atoms with E-state index >= 15 is 0 Å². The second kappa shape index (κ2) is 6.03. The van der Waals surface area contributed by atoms with Crippen LogP contribution in [0.2, 0.25) is 5.02 Å². The molecule has 2 aromatic rings. The number of benzene rings is 1. The summed E-state index contributed by atoms with van der Waals surface area (Å²) >= 11 is 9.50. The molecular formula is C13H14BrClFN3. The molecule has 0 aliphatic carbocycles. The molecule has 1 unspecified atom stereocenters. The lowest BCUT2D eigenvalue weighted by Gasteiger charge is -2.20. The van der Waals surface area contributed by atoms with E-state index in [1.807, 2.05) is 20.0 Å². The zero-order valence-electron chi connectivity index (χ0n) is 10.6. The molecule has 0 bridgehead atoms. The summed E-state index contributed by atoms with van der Waals surface area (Å²) in [6.45, 7) is 2.69. The minimum Gasteiger partial charge on any atom is -0.308 e. The van der Waals surface area contributed by atoms with Gasteiger partial charge in [0, 0.05) is 6.54 Å². The van der Waals surface area contributed by atoms with E-state index in [-0.39, 0.29) is 11.9 Å². The summed E-state index contributed by atoms with van der Waals surface area (Å²) in [6.07, 6.45) is 1.61. The first-order valence-corrected chi connectivity index (χ1v) is 7.09. The average molecular weight is 347 g/mol. The largest absolute Gasteiger partial charge is 0.308 e. The van der Waals surface area contributed by atoms with E-state index in [0.717, 1.165) is 11.3 Å². The maximum absolute atomic E-state index is 13.7. The molecule has 19 heavy (non-hydrogen) atoms. The number of nitrogens with one attached hydrogen (secondary N) is 1. The van der Waals surface area contributed by atoms with Gasteiger partial charge in [-0.05, 0) is 41.5 Å². The minimum absolute atomic E-state index is 0.222. The predicted molar refractivity (Wildman–Crippen MR) is 77.9 cm³/mol. The van der Waals surface area contributed by atoms with Gasteiger partial charge < -0.3 is 5.32 Å². The lowest BCUT2D eigenvalue weighted by atomic mass is 10.0. The van der Waals surface area contributed by atoms with Gasteiger partial charge in [0.1, 0.15) is 5.82 Å². The highest BCUT2D eigenvalue weighted by atomic mass is 79.9. The molecule has 0 spiro atoms. The van der Waals surface area contributed by atoms with Crippen LogP contribution in [-0.4, -0.2) is 16.8 Å². The molecule has 3 nitrogen and oxygen atoms in total. The predicted octanol–water partition coefficient (Wildman–Crippen LogP) is 3.77. The Kier molecular flexibility index (Phi) is 4.60. The van der Waals surface area contributed by atoms with Crippen LogP contribution in [0.5, 0.6) is 0 Å². The van der Waals surface area contributed by atoms with E-state index in [9.17, 15) is 4.39 Å². The van der Waals surface area contributed by atoms with Crippen molar-refractivity contribution in [1.29, 1.82) is 0 Å². The summed E-state index contributed by atoms with van der Waals surface area (Å²) in [5.41, 5.74) is 1.62. The molecule has 0 saturated carbocycles. The van der Waals surface area contributed by atoms with Crippen LogP contribution in [0.15, 0.2) is 28.9 Å². The number of nitrogens with zero attached hydrogens (tertiary/aromatic N) is 2. The molecule has 1 aromatic carbocycles. The van der Waals surface area contributed by atoms with Crippen LogP contribution in [0.4, 0.5) is 4.39 Å². The Balaban J connectivity index is 2.56. The van der Waals surface area contributed by atoms with Crippen LogP contribution in [0, 0.1) is 5.82 Å². The van der Waals surface area contributed by atoms with Gasteiger partial charge >= 0.3 is 0 Å². The highest BCUT2D eigenvalue weighted by molar-refractivity contribution is 9.10. The Bertz CT molecular complexity index is 585. The van der Waals surface area contributed by atoms with Crippen molar-refractivity contribution in [3.63, 3.8) is 0 Å². The van der Waals surface area contributed by atoms with Gasteiger partial charge in [-0.2, -0.15) is 5.10 Å². The van der Waals surface area contributed by atoms with Gasteiger partial charge in [-0.1, -0.05) is 23.7 Å². The Morgan fingerprint density at radius 1 is 1.53 bits per heavy atom. The van der Waals surface area contributed by atoms with Gasteiger partial charge in [-0.3, -0.25) is 4.68 Å². The van der Waals surface area contributed by atoms with E-state index in [1.165, 1.54) is 6.07 Å². The number of aryl methyl sites for hydroxylation is 1. The summed E-state index contributed by atoms with van der Waals surface area (Å²) in [5.74, 6) is -0.295. The number of halogens is 3. The highest BCUT2D eigenvalue weighted by Crippen LogP contribution is 2.33. The SMILES string of the molecule is CCn1ncc(Cl)c1C(NC)c1cccc(F)c1Br. The summed E-state index contributed by atoms with van der Waals surface area (Å²) in [7, 11) is 1.81. The molecule has 0 saturated heterocycles. The molecule has 0 fully saturated rings. The van der Waals surface area contributed by atoms with Crippen molar-refractivity contribution < 1.29 is 4.39 Å². The Morgan fingerprint density at radius 3 is 2.89 bits per heavy atom. The first-order chi connectivity index (χ1) is 9.10. The van der Waals surface area contributed by atoms with E-state index < -0.39 is 0 Å². The first-order valence-electron chi connectivity index (χ1n) is 5.92. The minimum atomic E-state index is -0.295. The zero-order valence-corrected chi connectivity index (χ0v) is 13.0. The summed E-state index contributed by atoms with van der Waals surface area (Å²) in [4.78, 5) is 0. The van der Waals surface area contributed by atoms with Crippen LogP contribution in [0.1, 0.15) is 24.2 Å². The number of hydrogen-bond donors (Lipinski definition) is 1. The molecule has 1 N–H and O–H groups in total. The molecule has 0 amide bonds. The summed E-state index contributed by atoms with van der Waals surface area (Å²) in [6, 6.07) is 4.73. The van der Waals surface area contributed by atoms with Crippen LogP contribution in [0.25, 0.3) is 0 Å². The third kappa shape index (κ3) is 2.68. The van der Waals surface area contributed by atoms with Gasteiger partial charge in [0.05, 0.1) is 27.4 Å². The second-order valence-electron chi connectivity index (χ2n) is 4.06. The van der Waals surface area contributed by atoms with Gasteiger partial charge in [0.15, 0.2) is 0 Å². The molecule has 102 valence electrons. The Morgan fingerprint density at radius 2 is 2.26 bits per heavy atom. The molecule has 1 aromatic heterocycles.